The van der Waals surface area contributed by atoms with Gasteiger partial charge in [0, 0.05) is 89.6 Å². The lowest BCUT2D eigenvalue weighted by Gasteiger charge is -2.43. The molecule has 16 atom stereocenters. The zero-order valence-electron chi connectivity index (χ0n) is 73.9. The van der Waals surface area contributed by atoms with Gasteiger partial charge in [-0.25, -0.2) is 24.2 Å². The number of rotatable bonds is 39. The number of esters is 1. The van der Waals surface area contributed by atoms with Crippen molar-refractivity contribution >= 4 is 69.4 Å². The number of aliphatic hydroxyl groups excluding tert-OH is 2. The Hall–Kier alpha value is -8.60. The van der Waals surface area contributed by atoms with Gasteiger partial charge in [-0.05, 0) is 130 Å². The maximum Gasteiger partial charge on any atom is 0.407 e. The van der Waals surface area contributed by atoms with E-state index < -0.39 is 114 Å². The van der Waals surface area contributed by atoms with Crippen LogP contribution in [-0.4, -0.2) is 287 Å². The molecular weight excluding hydrogens is 1620 g/mol. The van der Waals surface area contributed by atoms with Gasteiger partial charge >= 0.3 is 12.1 Å². The van der Waals surface area contributed by atoms with E-state index in [0.717, 1.165) is 22.3 Å². The first-order valence-electron chi connectivity index (χ1n) is 43.7. The summed E-state index contributed by atoms with van der Waals surface area (Å²) in [5.74, 6) is -7.82. The van der Waals surface area contributed by atoms with Gasteiger partial charge < -0.3 is 119 Å². The molecular formula is C90H133N11O24. The molecule has 692 valence electrons. The number of allylic oxidation sites excluding steroid dienone is 5. The number of methoxy groups -OCH3 is 3. The highest BCUT2D eigenvalue weighted by molar-refractivity contribution is 6.39. The second-order valence-corrected chi connectivity index (χ2v) is 32.7. The van der Waals surface area contributed by atoms with Gasteiger partial charge in [0.1, 0.15) is 53.8 Å². The van der Waals surface area contributed by atoms with E-state index in [2.05, 4.69) is 25.6 Å². The minimum Gasteiger partial charge on any atom is -0.459 e. The third kappa shape index (κ3) is 30.8. The average Bonchev–Trinajstić information content (AvgIpc) is 0.980. The van der Waals surface area contributed by atoms with Crippen LogP contribution in [0.1, 0.15) is 136 Å². The number of piperidine rings is 1. The molecule has 11 N–H and O–H groups in total. The molecule has 0 radical (unpaired) electrons. The molecule has 4 aliphatic rings. The van der Waals surface area contributed by atoms with Crippen LogP contribution in [0, 0.1) is 29.6 Å². The van der Waals surface area contributed by atoms with Crippen LogP contribution in [0.15, 0.2) is 101 Å². The Morgan fingerprint density at radius 2 is 1.31 bits per heavy atom. The Balaban J connectivity index is 0.596. The van der Waals surface area contributed by atoms with Crippen molar-refractivity contribution in [3.8, 4) is 11.3 Å². The summed E-state index contributed by atoms with van der Waals surface area (Å²) in [6.45, 7) is 17.4. The van der Waals surface area contributed by atoms with Crippen molar-refractivity contribution in [1.82, 2.24) is 40.3 Å². The third-order valence-corrected chi connectivity index (χ3v) is 23.4. The number of nitrogens with one attached hydrogen (secondary N) is 2. The highest BCUT2D eigenvalue weighted by atomic mass is 16.6. The number of hydrogen-bond donors (Lipinski definition) is 8. The van der Waals surface area contributed by atoms with E-state index in [0.29, 0.717) is 203 Å². The summed E-state index contributed by atoms with van der Waals surface area (Å²) in [5, 5.41) is 46.1. The maximum atomic E-state index is 14.8. The van der Waals surface area contributed by atoms with E-state index in [9.17, 15) is 44.1 Å². The number of benzene rings is 2. The number of amides is 3. The Labute approximate surface area is 731 Å². The van der Waals surface area contributed by atoms with Crippen LogP contribution in [0.5, 0.6) is 0 Å². The number of aliphatic hydroxyl groups is 3. The summed E-state index contributed by atoms with van der Waals surface area (Å²) in [6.07, 6.45) is 9.48. The van der Waals surface area contributed by atoms with Crippen molar-refractivity contribution in [2.45, 2.75) is 205 Å². The van der Waals surface area contributed by atoms with Crippen LogP contribution in [-0.2, 0) is 103 Å². The molecule has 3 aliphatic heterocycles. The SMILES string of the molecule is COC1C[C@@H]([C@H](N)C[C@@H]2CC[C@@H](OC(=O)NCCOCCOCCOCCOCCOCCOCCOCCOCCC(=O)NCc3ccc(Cn4nc(-c5ccc6oc(N)nc6c5)c5c(N)ncnc54)cc3)[C@H](OC)C2)OC(=O)[C@@H]2CCCCN2C(=O)C(=O)[C@]2(O)O[C@@H](CC[C@H]2C)C[C@H](OC)/C(C)=C/C=C/C=C/[C@@H](C)C[C@@H](C)C(=O)[C@H](O)[C@H](O)/C(C)=C/[C@H]1C. The molecule has 3 fully saturated rings. The number of fused-ring (bicyclic) bond motifs is 5. The van der Waals surface area contributed by atoms with Crippen LogP contribution >= 0.6 is 0 Å². The first-order chi connectivity index (χ1) is 60.3. The van der Waals surface area contributed by atoms with E-state index in [1.807, 2.05) is 87.5 Å². The van der Waals surface area contributed by atoms with Gasteiger partial charge in [0.05, 0.1) is 142 Å². The van der Waals surface area contributed by atoms with Crippen LogP contribution in [0.2, 0.25) is 0 Å². The van der Waals surface area contributed by atoms with Gasteiger partial charge in [-0.2, -0.15) is 10.1 Å². The molecule has 1 saturated carbocycles. The molecule has 3 amide bonds. The lowest BCUT2D eigenvalue weighted by atomic mass is 9.80. The minimum absolute atomic E-state index is 0.0353. The van der Waals surface area contributed by atoms with Gasteiger partial charge in [0.15, 0.2) is 17.0 Å². The molecule has 2 saturated heterocycles. The number of ether oxygens (including phenoxy) is 14. The number of cyclic esters (lactones) is 1. The first kappa shape index (κ1) is 100. The molecule has 35 nitrogen and oxygen atoms in total. The van der Waals surface area contributed by atoms with Gasteiger partial charge in [-0.1, -0.05) is 88.4 Å². The van der Waals surface area contributed by atoms with E-state index in [4.69, 9.17) is 93.0 Å². The predicted molar refractivity (Wildman–Crippen MR) is 463 cm³/mol. The highest BCUT2D eigenvalue weighted by Crippen LogP contribution is 2.39. The van der Waals surface area contributed by atoms with Crippen molar-refractivity contribution in [2.75, 3.05) is 152 Å². The number of nitrogens with zero attached hydrogens (tertiary/aromatic N) is 6. The maximum absolute atomic E-state index is 14.8. The van der Waals surface area contributed by atoms with Crippen LogP contribution in [0.25, 0.3) is 33.4 Å². The molecule has 5 aromatic rings. The topological polar surface area (TPSA) is 467 Å². The molecule has 1 aliphatic carbocycles. The first-order valence-corrected chi connectivity index (χ1v) is 43.7. The van der Waals surface area contributed by atoms with Gasteiger partial charge in [-0.3, -0.25) is 19.2 Å². The quantitative estimate of drug-likeness (QED) is 0.00822. The molecule has 3 aromatic heterocycles. The monoisotopic (exact) mass is 1750 g/mol. The summed E-state index contributed by atoms with van der Waals surface area (Å²) in [6, 6.07) is 11.4. The Morgan fingerprint density at radius 1 is 0.672 bits per heavy atom. The lowest BCUT2D eigenvalue weighted by molar-refractivity contribution is -0.265. The molecule has 0 spiro atoms. The fourth-order valence-corrected chi connectivity index (χ4v) is 16.1. The number of anilines is 2. The smallest absolute Gasteiger partial charge is 0.407 e. The van der Waals surface area contributed by atoms with E-state index in [1.54, 1.807) is 51.8 Å². The second-order valence-electron chi connectivity index (χ2n) is 32.7. The van der Waals surface area contributed by atoms with Crippen LogP contribution < -0.4 is 27.8 Å². The number of Topliss-reactive ketones (excluding diaryl/α,β-unsaturated/α-hetero) is 2. The molecule has 1 unspecified atom stereocenters. The minimum atomic E-state index is -2.48. The molecule has 6 heterocycles. The van der Waals surface area contributed by atoms with Gasteiger partial charge in [-0.15, -0.1) is 0 Å². The Bertz CT molecular complexity index is 4310. The number of oxazole rings is 1. The summed E-state index contributed by atoms with van der Waals surface area (Å²) in [5.41, 5.74) is 25.5. The number of alkyl carbamates (subject to hydrolysis) is 1. The van der Waals surface area contributed by atoms with E-state index in [1.165, 1.54) is 18.3 Å². The number of carbonyl (C=O) groups is 6. The summed E-state index contributed by atoms with van der Waals surface area (Å²) in [7, 11) is 4.60. The number of carbonyl (C=O) groups excluding carboxylic acids is 6. The summed E-state index contributed by atoms with van der Waals surface area (Å²) < 4.78 is 88.4. The lowest BCUT2D eigenvalue weighted by Crippen LogP contribution is -2.61. The normalized spacial score (nSPS) is 27.2. The van der Waals surface area contributed by atoms with Crippen molar-refractivity contribution in [1.29, 1.82) is 0 Å². The number of ketones is 2. The van der Waals surface area contributed by atoms with Gasteiger partial charge in [0.2, 0.25) is 11.7 Å². The zero-order chi connectivity index (χ0) is 89.8. The second kappa shape index (κ2) is 52.0. The predicted octanol–water partition coefficient (Wildman–Crippen LogP) is 7.40. The molecule has 2 aromatic carbocycles. The number of nitrogen functional groups attached to an aromatic ring is 2. The summed E-state index contributed by atoms with van der Waals surface area (Å²) >= 11 is 0. The largest absolute Gasteiger partial charge is 0.459 e. The zero-order valence-corrected chi connectivity index (χ0v) is 73.9. The van der Waals surface area contributed by atoms with Crippen molar-refractivity contribution in [2.24, 2.45) is 35.3 Å². The Morgan fingerprint density at radius 3 is 1.96 bits per heavy atom. The van der Waals surface area contributed by atoms with Crippen LogP contribution in [0.3, 0.4) is 0 Å². The van der Waals surface area contributed by atoms with Gasteiger partial charge in [0.25, 0.3) is 17.7 Å². The van der Waals surface area contributed by atoms with Crippen molar-refractivity contribution in [3.05, 3.63) is 108 Å². The Kier molecular flexibility index (Phi) is 41.7. The van der Waals surface area contributed by atoms with E-state index >= 15 is 0 Å². The third-order valence-electron chi connectivity index (χ3n) is 23.4. The molecule has 9 rings (SSSR count). The fraction of sp³-hybridized carbons (Fsp3) is 0.644. The number of aromatic nitrogens is 5. The van der Waals surface area contributed by atoms with E-state index in [-0.39, 0.29) is 75.7 Å². The average molecular weight is 1750 g/mol. The number of nitrogens with two attached hydrogens (primary N) is 3. The van der Waals surface area contributed by atoms with Crippen molar-refractivity contribution in [3.63, 3.8) is 0 Å². The fourth-order valence-electron chi connectivity index (χ4n) is 16.1. The molecule has 2 bridgehead atoms. The van der Waals surface area contributed by atoms with Crippen LogP contribution in [0.4, 0.5) is 16.6 Å². The molecule has 35 heteroatoms. The van der Waals surface area contributed by atoms with Crippen molar-refractivity contribution < 1.29 is 115 Å². The summed E-state index contributed by atoms with van der Waals surface area (Å²) in [4.78, 5) is 97.3. The molecule has 125 heavy (non-hydrogen) atoms. The standard InChI is InChI=1S/C90H133N11O24/c1-57-15-11-10-12-16-58(2)73(111-7)52-67-25-18-62(6)90(110,125-67)83(106)86(107)100-30-14-13-17-70(100)87(108)122-75(53-74(112-8)59(3)48-61(5)81(104)82(105)80(103)60(4)47-57)68(91)49-65-23-26-72(76(50-65)113-9)124-89(109)94-29-32-115-34-36-117-38-40-119-42-44-121-46-45-120-43-41-118-39-37-116-35-33-114-31-28-77(102)95-54-63-19-21-64(22-20-63)55-101-85-78(84(92)96-56-97-85)79(99-101)66-24-27-71-69(51-66)98-88(93)123-71/h10-12,15-16,19-22,24,27,48,51,56-57,59-60,62,65,67-68,70,72-76,81-82,104-105,110H,13-14,17-18,23,25-26,28-47,49-50,52-55,91H2,1-9H3,(H2,93,98)(H,94,109)(H,95,102)(H2,92,96,97)/b12-10+,15-11+,58-16+,61-48+/t57-,59-,60-,62-,65+,67+,68-,70+,72-,73+,74?,75+,76-,81-,82+,90-/m1/s1. The number of hydrogen-bond acceptors (Lipinski definition) is 31. The highest BCUT2D eigenvalue weighted by Gasteiger charge is 2.53.